The van der Waals surface area contributed by atoms with Gasteiger partial charge in [-0.2, -0.15) is 5.10 Å². The van der Waals surface area contributed by atoms with E-state index in [2.05, 4.69) is 11.2 Å². The summed E-state index contributed by atoms with van der Waals surface area (Å²) in [4.78, 5) is 25.0. The number of carbonyl (C=O) groups is 2. The van der Waals surface area contributed by atoms with Crippen LogP contribution in [0.3, 0.4) is 0 Å². The highest BCUT2D eigenvalue weighted by Gasteiger charge is 2.24. The van der Waals surface area contributed by atoms with Crippen molar-refractivity contribution in [1.82, 2.24) is 14.7 Å². The van der Waals surface area contributed by atoms with Crippen molar-refractivity contribution in [3.63, 3.8) is 0 Å². The molecule has 1 radical (unpaired) electrons. The first kappa shape index (κ1) is 12.6. The van der Waals surface area contributed by atoms with E-state index in [0.29, 0.717) is 32.8 Å². The van der Waals surface area contributed by atoms with Gasteiger partial charge in [-0.1, -0.05) is 0 Å². The maximum absolute atomic E-state index is 12.2. The molecule has 0 bridgehead atoms. The lowest BCUT2D eigenvalue weighted by atomic mass is 10.3. The van der Waals surface area contributed by atoms with Crippen molar-refractivity contribution < 1.29 is 14.3 Å². The standard InChI is InChI=1S/C11H15N4O3/c1-2-15-9(7-8(13-15)10(12)16)11(17)14-3-5-18-6-4-14/h2-6H2,1H3,(H2,12,16). The Balaban J connectivity index is 2.25. The molecule has 2 heterocycles. The number of hydrogen-bond acceptors (Lipinski definition) is 4. The SMILES string of the molecule is CCn1nc(C(N)=O)[c]c1C(=O)N1CCOCC1. The summed E-state index contributed by atoms with van der Waals surface area (Å²) in [7, 11) is 0. The highest BCUT2D eigenvalue weighted by Crippen LogP contribution is 2.09. The summed E-state index contributed by atoms with van der Waals surface area (Å²) in [6, 6.07) is 2.67. The molecule has 18 heavy (non-hydrogen) atoms. The van der Waals surface area contributed by atoms with Crippen molar-refractivity contribution in [2.24, 2.45) is 5.73 Å². The number of rotatable bonds is 3. The molecule has 1 fully saturated rings. The van der Waals surface area contributed by atoms with Gasteiger partial charge >= 0.3 is 0 Å². The van der Waals surface area contributed by atoms with Gasteiger partial charge in [0, 0.05) is 19.6 Å². The van der Waals surface area contributed by atoms with Crippen molar-refractivity contribution in [3.8, 4) is 0 Å². The van der Waals surface area contributed by atoms with Crippen LogP contribution in [0.25, 0.3) is 0 Å². The molecular formula is C11H15N4O3. The minimum atomic E-state index is -0.682. The molecule has 1 aromatic heterocycles. The van der Waals surface area contributed by atoms with Gasteiger partial charge in [0.15, 0.2) is 5.69 Å². The van der Waals surface area contributed by atoms with Gasteiger partial charge in [-0.25, -0.2) is 0 Å². The van der Waals surface area contributed by atoms with Gasteiger partial charge in [0.25, 0.3) is 11.8 Å². The van der Waals surface area contributed by atoms with E-state index in [1.54, 1.807) is 4.90 Å². The van der Waals surface area contributed by atoms with Gasteiger partial charge in [-0.05, 0) is 6.92 Å². The summed E-state index contributed by atoms with van der Waals surface area (Å²) in [5.74, 6) is -0.877. The van der Waals surface area contributed by atoms with E-state index in [1.807, 2.05) is 6.92 Å². The third-order valence-electron chi connectivity index (χ3n) is 2.75. The third-order valence-corrected chi connectivity index (χ3v) is 2.75. The van der Waals surface area contributed by atoms with E-state index in [1.165, 1.54) is 4.68 Å². The number of carbonyl (C=O) groups excluding carboxylic acids is 2. The number of hydrogen-bond donors (Lipinski definition) is 1. The molecule has 2 amide bonds. The van der Waals surface area contributed by atoms with E-state index >= 15 is 0 Å². The van der Waals surface area contributed by atoms with E-state index in [0.717, 1.165) is 0 Å². The molecule has 0 spiro atoms. The number of aromatic nitrogens is 2. The molecule has 1 saturated heterocycles. The molecule has 0 aliphatic carbocycles. The maximum atomic E-state index is 12.2. The number of nitrogens with two attached hydrogens (primary N) is 1. The molecule has 1 aliphatic heterocycles. The first-order valence-electron chi connectivity index (χ1n) is 5.80. The van der Waals surface area contributed by atoms with E-state index in [-0.39, 0.29) is 17.3 Å². The zero-order valence-corrected chi connectivity index (χ0v) is 10.2. The molecule has 7 heteroatoms. The highest BCUT2D eigenvalue weighted by atomic mass is 16.5. The average molecular weight is 251 g/mol. The fourth-order valence-electron chi connectivity index (χ4n) is 1.79. The molecule has 7 nitrogen and oxygen atoms in total. The van der Waals surface area contributed by atoms with E-state index in [4.69, 9.17) is 10.5 Å². The second-order valence-electron chi connectivity index (χ2n) is 3.91. The Hall–Kier alpha value is -1.89. The average Bonchev–Trinajstić information content (AvgIpc) is 2.83. The minimum Gasteiger partial charge on any atom is -0.378 e. The summed E-state index contributed by atoms with van der Waals surface area (Å²) < 4.78 is 6.63. The van der Waals surface area contributed by atoms with Gasteiger partial charge < -0.3 is 15.4 Å². The summed E-state index contributed by atoms with van der Waals surface area (Å²) >= 11 is 0. The van der Waals surface area contributed by atoms with Crippen LogP contribution in [0, 0.1) is 6.07 Å². The topological polar surface area (TPSA) is 90.5 Å². The van der Waals surface area contributed by atoms with Gasteiger partial charge in [-0.3, -0.25) is 14.3 Å². The molecule has 0 aromatic carbocycles. The first-order valence-corrected chi connectivity index (χ1v) is 5.80. The van der Waals surface area contributed by atoms with Crippen molar-refractivity contribution >= 4 is 11.8 Å². The molecule has 2 N–H and O–H groups in total. The van der Waals surface area contributed by atoms with Crippen molar-refractivity contribution in [3.05, 3.63) is 17.5 Å². The van der Waals surface area contributed by atoms with Crippen LogP contribution in [0.15, 0.2) is 0 Å². The Morgan fingerprint density at radius 1 is 1.44 bits per heavy atom. The third kappa shape index (κ3) is 2.35. The van der Waals surface area contributed by atoms with Gasteiger partial charge in [0.2, 0.25) is 0 Å². The lowest BCUT2D eigenvalue weighted by Gasteiger charge is -2.26. The zero-order chi connectivity index (χ0) is 13.1. The highest BCUT2D eigenvalue weighted by molar-refractivity contribution is 5.96. The molecule has 1 aromatic rings. The second kappa shape index (κ2) is 5.18. The van der Waals surface area contributed by atoms with Crippen molar-refractivity contribution in [2.75, 3.05) is 26.3 Å². The van der Waals surface area contributed by atoms with Crippen molar-refractivity contribution in [2.45, 2.75) is 13.5 Å². The summed E-state index contributed by atoms with van der Waals surface area (Å²) in [5, 5.41) is 3.95. The Bertz CT molecular complexity index is 463. The zero-order valence-electron chi connectivity index (χ0n) is 10.2. The molecule has 0 unspecified atom stereocenters. The Morgan fingerprint density at radius 3 is 2.67 bits per heavy atom. The number of aryl methyl sites for hydroxylation is 1. The Morgan fingerprint density at radius 2 is 2.11 bits per heavy atom. The van der Waals surface area contributed by atoms with Gasteiger partial charge in [-0.15, -0.1) is 0 Å². The summed E-state index contributed by atoms with van der Waals surface area (Å²) in [6.45, 7) is 4.43. The van der Waals surface area contributed by atoms with Gasteiger partial charge in [0.1, 0.15) is 5.69 Å². The lowest BCUT2D eigenvalue weighted by Crippen LogP contribution is -2.41. The second-order valence-corrected chi connectivity index (χ2v) is 3.91. The molecular weight excluding hydrogens is 236 g/mol. The Kier molecular flexibility index (Phi) is 3.61. The number of amides is 2. The normalized spacial score (nSPS) is 15.7. The number of primary amides is 1. The molecule has 0 atom stereocenters. The number of nitrogens with zero attached hydrogens (tertiary/aromatic N) is 3. The lowest BCUT2D eigenvalue weighted by molar-refractivity contribution is 0.0294. The van der Waals surface area contributed by atoms with E-state index in [9.17, 15) is 9.59 Å². The molecule has 1 aliphatic rings. The van der Waals surface area contributed by atoms with Crippen LogP contribution in [-0.4, -0.2) is 52.8 Å². The van der Waals surface area contributed by atoms with Crippen LogP contribution in [0.2, 0.25) is 0 Å². The number of morpholine rings is 1. The predicted molar refractivity (Wildman–Crippen MR) is 62.0 cm³/mol. The molecule has 97 valence electrons. The first-order chi connectivity index (χ1) is 8.63. The largest absolute Gasteiger partial charge is 0.378 e. The van der Waals surface area contributed by atoms with E-state index < -0.39 is 5.91 Å². The number of ether oxygens (including phenoxy) is 1. The fourth-order valence-corrected chi connectivity index (χ4v) is 1.79. The molecule has 2 rings (SSSR count). The summed E-state index contributed by atoms with van der Waals surface area (Å²) in [6.07, 6.45) is 0. The van der Waals surface area contributed by atoms with Crippen LogP contribution < -0.4 is 5.73 Å². The summed E-state index contributed by atoms with van der Waals surface area (Å²) in [5.41, 5.74) is 5.40. The smallest absolute Gasteiger partial charge is 0.272 e. The fraction of sp³-hybridized carbons (Fsp3) is 0.545. The van der Waals surface area contributed by atoms with Crippen LogP contribution in [0.4, 0.5) is 0 Å². The van der Waals surface area contributed by atoms with Crippen LogP contribution in [-0.2, 0) is 11.3 Å². The molecule has 0 saturated carbocycles. The van der Waals surface area contributed by atoms with Crippen molar-refractivity contribution in [1.29, 1.82) is 0 Å². The Labute approximate surface area is 104 Å². The van der Waals surface area contributed by atoms with Crippen LogP contribution >= 0.6 is 0 Å². The van der Waals surface area contributed by atoms with Gasteiger partial charge in [0.05, 0.1) is 19.3 Å². The predicted octanol–water partition coefficient (Wildman–Crippen LogP) is -0.726. The maximum Gasteiger partial charge on any atom is 0.272 e. The monoisotopic (exact) mass is 251 g/mol. The van der Waals surface area contributed by atoms with Crippen LogP contribution in [0.5, 0.6) is 0 Å². The van der Waals surface area contributed by atoms with Crippen LogP contribution in [0.1, 0.15) is 27.9 Å². The minimum absolute atomic E-state index is 0.00606. The quantitative estimate of drug-likeness (QED) is 0.767.